The molecule has 1 aliphatic carbocycles. The number of allylic oxidation sites excluding steroid dienone is 1. The van der Waals surface area contributed by atoms with Crippen molar-refractivity contribution in [2.24, 2.45) is 17.3 Å². The van der Waals surface area contributed by atoms with Crippen LogP contribution in [0.2, 0.25) is 0 Å². The third kappa shape index (κ3) is 4.51. The quantitative estimate of drug-likeness (QED) is 0.470. The summed E-state index contributed by atoms with van der Waals surface area (Å²) in [5.41, 5.74) is 1.07. The predicted octanol–water partition coefficient (Wildman–Crippen LogP) is 3.83. The molecule has 2 atom stereocenters. The summed E-state index contributed by atoms with van der Waals surface area (Å²) in [6.45, 7) is 10.7. The van der Waals surface area contributed by atoms with Gasteiger partial charge in [-0.05, 0) is 56.1 Å². The number of ether oxygens (including phenoxy) is 1. The Morgan fingerprint density at radius 2 is 2.17 bits per heavy atom. The molecule has 0 amide bonds. The number of rotatable bonds is 5. The van der Waals surface area contributed by atoms with Crippen molar-refractivity contribution in [3.8, 4) is 12.3 Å². The third-order valence-electron chi connectivity index (χ3n) is 4.53. The molecule has 1 aromatic rings. The van der Waals surface area contributed by atoms with E-state index in [0.717, 1.165) is 6.42 Å². The van der Waals surface area contributed by atoms with Gasteiger partial charge in [0.1, 0.15) is 5.60 Å². The highest BCUT2D eigenvalue weighted by Crippen LogP contribution is 2.60. The van der Waals surface area contributed by atoms with Crippen molar-refractivity contribution in [3.63, 3.8) is 0 Å². The molecule has 1 heterocycles. The fraction of sp³-hybridized carbons (Fsp3) is 0.550. The van der Waals surface area contributed by atoms with E-state index in [9.17, 15) is 4.79 Å². The van der Waals surface area contributed by atoms with Gasteiger partial charge in [-0.25, -0.2) is 4.79 Å². The van der Waals surface area contributed by atoms with Gasteiger partial charge in [-0.2, -0.15) is 0 Å². The Hall–Kier alpha value is -1.95. The first kappa shape index (κ1) is 17.4. The zero-order valence-corrected chi connectivity index (χ0v) is 14.8. The van der Waals surface area contributed by atoms with E-state index in [1.54, 1.807) is 6.08 Å². The minimum atomic E-state index is -0.445. The molecular weight excluding hydrogens is 286 g/mol. The number of nitrogens with zero attached hydrogens (tertiary/aromatic N) is 1. The average Bonchev–Trinajstić information content (AvgIpc) is 2.73. The van der Waals surface area contributed by atoms with Crippen molar-refractivity contribution >= 4 is 5.97 Å². The molecule has 1 saturated carbocycles. The molecular formula is C20H27NO2. The smallest absolute Gasteiger partial charge is 0.330 e. The lowest BCUT2D eigenvalue weighted by Gasteiger charge is -2.17. The maximum atomic E-state index is 11.8. The van der Waals surface area contributed by atoms with Crippen LogP contribution < -0.4 is 0 Å². The Morgan fingerprint density at radius 1 is 1.48 bits per heavy atom. The summed E-state index contributed by atoms with van der Waals surface area (Å²) >= 11 is 0. The van der Waals surface area contributed by atoms with E-state index in [-0.39, 0.29) is 11.4 Å². The molecule has 0 spiro atoms. The fourth-order valence-corrected chi connectivity index (χ4v) is 3.15. The van der Waals surface area contributed by atoms with Crippen LogP contribution in [0.3, 0.4) is 0 Å². The summed E-state index contributed by atoms with van der Waals surface area (Å²) in [7, 11) is 0. The van der Waals surface area contributed by atoms with Crippen LogP contribution in [0.25, 0.3) is 0 Å². The average molecular weight is 313 g/mol. The molecule has 0 radical (unpaired) electrons. The van der Waals surface area contributed by atoms with Gasteiger partial charge in [0.15, 0.2) is 0 Å². The van der Waals surface area contributed by atoms with E-state index in [4.69, 9.17) is 11.2 Å². The van der Waals surface area contributed by atoms with E-state index in [0.29, 0.717) is 18.4 Å². The Bertz CT molecular complexity index is 637. The first-order valence-electron chi connectivity index (χ1n) is 8.13. The standard InChI is InChI=1S/C20H27NO2/c1-7-11-21-12-10-15(14-21)13-17-16(20(17,5)6)8-9-18(22)23-19(2,3)4/h1,8-10,12,14,16-17H,11,13H2,2-6H3/b9-8-/t16?,17-/m1/s1. The van der Waals surface area contributed by atoms with Crippen LogP contribution in [0, 0.1) is 29.6 Å². The van der Waals surface area contributed by atoms with E-state index in [2.05, 4.69) is 32.0 Å². The van der Waals surface area contributed by atoms with Crippen LogP contribution in [0.15, 0.2) is 30.6 Å². The van der Waals surface area contributed by atoms with Gasteiger partial charge in [0.25, 0.3) is 0 Å². The van der Waals surface area contributed by atoms with Gasteiger partial charge >= 0.3 is 5.97 Å². The van der Waals surface area contributed by atoms with Gasteiger partial charge in [0.05, 0.1) is 6.54 Å². The number of aromatic nitrogens is 1. The second-order valence-electron chi connectivity index (χ2n) is 7.95. The summed E-state index contributed by atoms with van der Waals surface area (Å²) in [6, 6.07) is 2.13. The Labute approximate surface area is 139 Å². The Kier molecular flexibility index (Phi) is 4.75. The van der Waals surface area contributed by atoms with E-state index in [1.165, 1.54) is 5.56 Å². The van der Waals surface area contributed by atoms with Crippen LogP contribution in [-0.4, -0.2) is 16.1 Å². The number of carbonyl (C=O) groups is 1. The van der Waals surface area contributed by atoms with Crippen molar-refractivity contribution in [1.82, 2.24) is 4.57 Å². The van der Waals surface area contributed by atoms with Gasteiger partial charge in [-0.1, -0.05) is 25.8 Å². The van der Waals surface area contributed by atoms with Crippen LogP contribution in [-0.2, 0) is 22.5 Å². The number of hydrogen-bond acceptors (Lipinski definition) is 2. The maximum absolute atomic E-state index is 11.8. The molecule has 0 N–H and O–H groups in total. The van der Waals surface area contributed by atoms with Crippen LogP contribution >= 0.6 is 0 Å². The molecule has 1 aliphatic rings. The van der Waals surface area contributed by atoms with E-state index in [1.807, 2.05) is 37.6 Å². The highest BCUT2D eigenvalue weighted by Gasteiger charge is 2.55. The highest BCUT2D eigenvalue weighted by atomic mass is 16.6. The highest BCUT2D eigenvalue weighted by molar-refractivity contribution is 5.82. The van der Waals surface area contributed by atoms with Crippen LogP contribution in [0.1, 0.15) is 40.2 Å². The molecule has 23 heavy (non-hydrogen) atoms. The number of hydrogen-bond donors (Lipinski definition) is 0. The monoisotopic (exact) mass is 313 g/mol. The summed E-state index contributed by atoms with van der Waals surface area (Å²) in [5, 5.41) is 0. The summed E-state index contributed by atoms with van der Waals surface area (Å²) in [4.78, 5) is 11.8. The van der Waals surface area contributed by atoms with Crippen molar-refractivity contribution in [2.45, 2.75) is 53.2 Å². The van der Waals surface area contributed by atoms with Gasteiger partial charge in [-0.3, -0.25) is 0 Å². The summed E-state index contributed by atoms with van der Waals surface area (Å²) in [6.07, 6.45) is 14.1. The molecule has 0 bridgehead atoms. The molecule has 3 nitrogen and oxygen atoms in total. The molecule has 2 rings (SSSR count). The molecule has 0 saturated heterocycles. The normalized spacial score (nSPS) is 22.8. The Morgan fingerprint density at radius 3 is 2.78 bits per heavy atom. The zero-order valence-electron chi connectivity index (χ0n) is 14.8. The van der Waals surface area contributed by atoms with Crippen molar-refractivity contribution in [3.05, 3.63) is 36.2 Å². The van der Waals surface area contributed by atoms with Crippen molar-refractivity contribution in [1.29, 1.82) is 0 Å². The molecule has 0 aliphatic heterocycles. The van der Waals surface area contributed by atoms with E-state index >= 15 is 0 Å². The lowest BCUT2D eigenvalue weighted by Crippen LogP contribution is -2.22. The topological polar surface area (TPSA) is 31.2 Å². The third-order valence-corrected chi connectivity index (χ3v) is 4.53. The van der Waals surface area contributed by atoms with Crippen LogP contribution in [0.5, 0.6) is 0 Å². The van der Waals surface area contributed by atoms with Crippen molar-refractivity contribution < 1.29 is 9.53 Å². The second-order valence-corrected chi connectivity index (χ2v) is 7.95. The second kappa shape index (κ2) is 6.28. The maximum Gasteiger partial charge on any atom is 0.330 e. The summed E-state index contributed by atoms with van der Waals surface area (Å²) in [5.74, 6) is 3.33. The minimum absolute atomic E-state index is 0.215. The first-order valence-corrected chi connectivity index (χ1v) is 8.13. The molecule has 0 aromatic carbocycles. The van der Waals surface area contributed by atoms with Crippen LogP contribution in [0.4, 0.5) is 0 Å². The fourth-order valence-electron chi connectivity index (χ4n) is 3.15. The molecule has 1 unspecified atom stereocenters. The molecule has 3 heteroatoms. The largest absolute Gasteiger partial charge is 0.457 e. The molecule has 1 fully saturated rings. The number of terminal acetylenes is 1. The van der Waals surface area contributed by atoms with Gasteiger partial charge in [0, 0.05) is 18.5 Å². The SMILES string of the molecule is C#CCn1ccc(C[C@@H]2C(/C=C\C(=O)OC(C)(C)C)C2(C)C)c1. The predicted molar refractivity (Wildman–Crippen MR) is 92.7 cm³/mol. The van der Waals surface area contributed by atoms with E-state index < -0.39 is 5.60 Å². The van der Waals surface area contributed by atoms with Gasteiger partial charge in [-0.15, -0.1) is 6.42 Å². The number of carbonyl (C=O) groups excluding carboxylic acids is 1. The lowest BCUT2D eigenvalue weighted by molar-refractivity contribution is -0.148. The van der Waals surface area contributed by atoms with Gasteiger partial charge < -0.3 is 9.30 Å². The summed E-state index contributed by atoms with van der Waals surface area (Å²) < 4.78 is 7.34. The van der Waals surface area contributed by atoms with Gasteiger partial charge in [0.2, 0.25) is 0 Å². The molecule has 1 aromatic heterocycles. The minimum Gasteiger partial charge on any atom is -0.457 e. The first-order chi connectivity index (χ1) is 10.6. The lowest BCUT2D eigenvalue weighted by atomic mass is 10.1. The Balaban J connectivity index is 1.94. The van der Waals surface area contributed by atoms with Crippen molar-refractivity contribution in [2.75, 3.05) is 0 Å². The number of esters is 1. The molecule has 124 valence electrons. The zero-order chi connectivity index (χ0) is 17.3.